The second-order valence-electron chi connectivity index (χ2n) is 4.37. The van der Waals surface area contributed by atoms with Gasteiger partial charge in [0.25, 0.3) is 0 Å². The molecule has 21 heavy (non-hydrogen) atoms. The lowest BCUT2D eigenvalue weighted by atomic mass is 10.2. The van der Waals surface area contributed by atoms with Crippen LogP contribution in [-0.2, 0) is 20.7 Å². The molecule has 5 nitrogen and oxygen atoms in total. The van der Waals surface area contributed by atoms with E-state index in [1.54, 1.807) is 0 Å². The Hall–Kier alpha value is -2.02. The molecule has 0 fully saturated rings. The number of benzene rings is 1. The van der Waals surface area contributed by atoms with Crippen molar-refractivity contribution in [1.82, 2.24) is 5.32 Å². The molecule has 0 aliphatic carbocycles. The molecule has 0 aromatic heterocycles. The van der Waals surface area contributed by atoms with E-state index in [2.05, 4.69) is 0 Å². The van der Waals surface area contributed by atoms with Gasteiger partial charge >= 0.3 is 5.97 Å². The second-order valence-corrected chi connectivity index (χ2v) is 4.37. The Morgan fingerprint density at radius 2 is 1.90 bits per heavy atom. The van der Waals surface area contributed by atoms with Gasteiger partial charge in [0.1, 0.15) is 12.6 Å². The van der Waals surface area contributed by atoms with Crippen molar-refractivity contribution < 1.29 is 28.2 Å². The van der Waals surface area contributed by atoms with Crippen molar-refractivity contribution in [3.05, 3.63) is 35.9 Å². The molecule has 1 rings (SSSR count). The highest BCUT2D eigenvalue weighted by molar-refractivity contribution is 5.84. The Kier molecular flexibility index (Phi) is 7.31. The van der Waals surface area contributed by atoms with Crippen LogP contribution in [0.25, 0.3) is 0 Å². The van der Waals surface area contributed by atoms with E-state index < -0.39 is 30.8 Å². The predicted octanol–water partition coefficient (Wildman–Crippen LogP) is 1.47. The number of carboxylic acid groups (broad SMARTS) is 1. The Balaban J connectivity index is 2.25. The molecule has 1 amide bonds. The van der Waals surface area contributed by atoms with Gasteiger partial charge in [-0.05, 0) is 12.0 Å². The molecule has 7 heteroatoms. The minimum atomic E-state index is -2.80. The molecule has 0 spiro atoms. The molecule has 2 N–H and O–H groups in total. The maximum atomic E-state index is 12.1. The molecule has 1 aromatic carbocycles. The molecule has 116 valence electrons. The van der Waals surface area contributed by atoms with Crippen LogP contribution in [0.3, 0.4) is 0 Å². The summed E-state index contributed by atoms with van der Waals surface area (Å²) in [7, 11) is 0. The van der Waals surface area contributed by atoms with Crippen LogP contribution < -0.4 is 5.32 Å². The fourth-order valence-electron chi connectivity index (χ4n) is 1.64. The second kappa shape index (κ2) is 9.02. The summed E-state index contributed by atoms with van der Waals surface area (Å²) in [5.74, 6) is -2.22. The van der Waals surface area contributed by atoms with E-state index in [9.17, 15) is 18.4 Å². The average Bonchev–Trinajstić information content (AvgIpc) is 2.43. The Morgan fingerprint density at radius 3 is 2.48 bits per heavy atom. The lowest BCUT2D eigenvalue weighted by Gasteiger charge is -2.14. The number of hydrogen-bond donors (Lipinski definition) is 2. The lowest BCUT2D eigenvalue weighted by Crippen LogP contribution is -2.43. The highest BCUT2D eigenvalue weighted by Gasteiger charge is 2.23. The molecule has 0 bridgehead atoms. The highest BCUT2D eigenvalue weighted by atomic mass is 19.3. The van der Waals surface area contributed by atoms with Crippen LogP contribution in [0.15, 0.2) is 30.3 Å². The van der Waals surface area contributed by atoms with E-state index in [0.29, 0.717) is 6.42 Å². The SMILES string of the molecule is O=C(COCCc1ccccc1)NC(CC(F)F)C(=O)O. The molecule has 0 aliphatic heterocycles. The summed E-state index contributed by atoms with van der Waals surface area (Å²) in [5, 5.41) is 10.7. The maximum absolute atomic E-state index is 12.1. The van der Waals surface area contributed by atoms with Gasteiger partial charge in [0.2, 0.25) is 12.3 Å². The summed E-state index contributed by atoms with van der Waals surface area (Å²) in [6, 6.07) is 7.86. The van der Waals surface area contributed by atoms with Gasteiger partial charge in [0.05, 0.1) is 6.61 Å². The van der Waals surface area contributed by atoms with E-state index >= 15 is 0 Å². The third-order valence-corrected chi connectivity index (χ3v) is 2.66. The number of carbonyl (C=O) groups excluding carboxylic acids is 1. The van der Waals surface area contributed by atoms with Gasteiger partial charge in [-0.3, -0.25) is 4.79 Å². The number of hydrogen-bond acceptors (Lipinski definition) is 3. The van der Waals surface area contributed by atoms with E-state index in [0.717, 1.165) is 5.56 Å². The van der Waals surface area contributed by atoms with Crippen LogP contribution >= 0.6 is 0 Å². The number of ether oxygens (including phenoxy) is 1. The predicted molar refractivity (Wildman–Crippen MR) is 71.2 cm³/mol. The minimum Gasteiger partial charge on any atom is -0.480 e. The van der Waals surface area contributed by atoms with Crippen molar-refractivity contribution in [2.75, 3.05) is 13.2 Å². The summed E-state index contributed by atoms with van der Waals surface area (Å²) < 4.78 is 29.4. The number of carboxylic acids is 1. The van der Waals surface area contributed by atoms with Crippen LogP contribution in [0.4, 0.5) is 8.78 Å². The Labute approximate surface area is 120 Å². The maximum Gasteiger partial charge on any atom is 0.326 e. The first-order valence-corrected chi connectivity index (χ1v) is 6.41. The van der Waals surface area contributed by atoms with Gasteiger partial charge < -0.3 is 15.2 Å². The van der Waals surface area contributed by atoms with Gasteiger partial charge in [-0.15, -0.1) is 0 Å². The molecular formula is C14H17F2NO4. The number of amides is 1. The van der Waals surface area contributed by atoms with Crippen molar-refractivity contribution >= 4 is 11.9 Å². The van der Waals surface area contributed by atoms with Gasteiger partial charge in [-0.25, -0.2) is 13.6 Å². The summed E-state index contributed by atoms with van der Waals surface area (Å²) >= 11 is 0. The summed E-state index contributed by atoms with van der Waals surface area (Å²) in [5.41, 5.74) is 1.04. The minimum absolute atomic E-state index is 0.282. The number of carbonyl (C=O) groups is 2. The third kappa shape index (κ3) is 7.36. The fraction of sp³-hybridized carbons (Fsp3) is 0.429. The normalized spacial score (nSPS) is 12.1. The molecule has 1 atom stereocenters. The molecule has 0 saturated heterocycles. The van der Waals surface area contributed by atoms with Crippen molar-refractivity contribution in [1.29, 1.82) is 0 Å². The molecule has 0 saturated carbocycles. The summed E-state index contributed by atoms with van der Waals surface area (Å²) in [6.07, 6.45) is -3.12. The van der Waals surface area contributed by atoms with Gasteiger partial charge in [-0.2, -0.15) is 0 Å². The number of aliphatic carboxylic acids is 1. The first-order valence-electron chi connectivity index (χ1n) is 6.41. The Morgan fingerprint density at radius 1 is 1.24 bits per heavy atom. The number of rotatable bonds is 9. The molecule has 0 heterocycles. The third-order valence-electron chi connectivity index (χ3n) is 2.66. The van der Waals surface area contributed by atoms with Crippen LogP contribution in [0, 0.1) is 0 Å². The molecule has 1 aromatic rings. The standard InChI is InChI=1S/C14H17F2NO4/c15-12(16)8-11(14(19)20)17-13(18)9-21-7-6-10-4-2-1-3-5-10/h1-5,11-12H,6-9H2,(H,17,18)(H,19,20). The van der Waals surface area contributed by atoms with Crippen LogP contribution in [0.1, 0.15) is 12.0 Å². The largest absolute Gasteiger partial charge is 0.480 e. The average molecular weight is 301 g/mol. The number of halogens is 2. The summed E-state index contributed by atoms with van der Waals surface area (Å²) in [6.45, 7) is -0.0795. The lowest BCUT2D eigenvalue weighted by molar-refractivity contribution is -0.143. The van der Waals surface area contributed by atoms with Crippen LogP contribution in [0.2, 0.25) is 0 Å². The fourth-order valence-corrected chi connectivity index (χ4v) is 1.64. The van der Waals surface area contributed by atoms with E-state index in [4.69, 9.17) is 9.84 Å². The van der Waals surface area contributed by atoms with Crippen molar-refractivity contribution in [3.8, 4) is 0 Å². The zero-order valence-electron chi connectivity index (χ0n) is 11.3. The van der Waals surface area contributed by atoms with Gasteiger partial charge in [0.15, 0.2) is 0 Å². The quantitative estimate of drug-likeness (QED) is 0.677. The zero-order chi connectivity index (χ0) is 15.7. The highest BCUT2D eigenvalue weighted by Crippen LogP contribution is 2.04. The molecule has 1 unspecified atom stereocenters. The smallest absolute Gasteiger partial charge is 0.326 e. The van der Waals surface area contributed by atoms with Gasteiger partial charge in [0, 0.05) is 6.42 Å². The molecule has 0 radical (unpaired) electrons. The van der Waals surface area contributed by atoms with Gasteiger partial charge in [-0.1, -0.05) is 30.3 Å². The first kappa shape index (κ1) is 17.0. The summed E-state index contributed by atoms with van der Waals surface area (Å²) in [4.78, 5) is 22.1. The van der Waals surface area contributed by atoms with E-state index in [-0.39, 0.29) is 13.2 Å². The monoisotopic (exact) mass is 301 g/mol. The van der Waals surface area contributed by atoms with Crippen molar-refractivity contribution in [2.45, 2.75) is 25.3 Å². The number of alkyl halides is 2. The van der Waals surface area contributed by atoms with E-state index in [1.165, 1.54) is 0 Å². The molecular weight excluding hydrogens is 284 g/mol. The van der Waals surface area contributed by atoms with Crippen LogP contribution in [-0.4, -0.2) is 42.7 Å². The van der Waals surface area contributed by atoms with Crippen molar-refractivity contribution in [2.24, 2.45) is 0 Å². The van der Waals surface area contributed by atoms with Crippen LogP contribution in [0.5, 0.6) is 0 Å². The Bertz CT molecular complexity index is 454. The first-order chi connectivity index (χ1) is 9.99. The number of nitrogens with one attached hydrogen (secondary N) is 1. The topological polar surface area (TPSA) is 75.6 Å². The van der Waals surface area contributed by atoms with E-state index in [1.807, 2.05) is 35.6 Å². The molecule has 0 aliphatic rings. The zero-order valence-corrected chi connectivity index (χ0v) is 11.3. The van der Waals surface area contributed by atoms with Crippen molar-refractivity contribution in [3.63, 3.8) is 0 Å².